The van der Waals surface area contributed by atoms with E-state index < -0.39 is 11.5 Å². The first-order valence-electron chi connectivity index (χ1n) is 6.85. The predicted octanol–water partition coefficient (Wildman–Crippen LogP) is 3.97. The number of nitrogens with one attached hydrogen (secondary N) is 1. The molecule has 0 heterocycles. The monoisotopic (exact) mass is 417 g/mol. The van der Waals surface area contributed by atoms with Gasteiger partial charge in [-0.05, 0) is 52.9 Å². The first-order chi connectivity index (χ1) is 9.84. The van der Waals surface area contributed by atoms with Gasteiger partial charge in [0.2, 0.25) is 0 Å². The number of hydrogen-bond acceptors (Lipinski definition) is 2. The van der Waals surface area contributed by atoms with E-state index >= 15 is 0 Å². The third-order valence-electron chi connectivity index (χ3n) is 3.93. The van der Waals surface area contributed by atoms with Crippen LogP contribution in [-0.2, 0) is 4.79 Å². The minimum absolute atomic E-state index is 0.293. The Morgan fingerprint density at radius 2 is 2.10 bits per heavy atom. The summed E-state index contributed by atoms with van der Waals surface area (Å²) >= 11 is 6.66. The minimum Gasteiger partial charge on any atom is -0.480 e. The SMILES string of the molecule is CC1CCCC(NC(=O)c2cc(Br)ccc2Br)(C(=O)O)C1. The van der Waals surface area contributed by atoms with Crippen LogP contribution < -0.4 is 5.32 Å². The molecular formula is C15H17Br2NO3. The molecule has 0 spiro atoms. The first-order valence-corrected chi connectivity index (χ1v) is 8.43. The smallest absolute Gasteiger partial charge is 0.329 e. The fraction of sp³-hybridized carbons (Fsp3) is 0.467. The molecule has 114 valence electrons. The van der Waals surface area contributed by atoms with Crippen LogP contribution in [0.4, 0.5) is 0 Å². The van der Waals surface area contributed by atoms with Crippen LogP contribution >= 0.6 is 31.9 Å². The van der Waals surface area contributed by atoms with Crippen molar-refractivity contribution in [3.63, 3.8) is 0 Å². The molecule has 0 aromatic heterocycles. The van der Waals surface area contributed by atoms with Crippen molar-refractivity contribution >= 4 is 43.7 Å². The molecule has 2 unspecified atom stereocenters. The summed E-state index contributed by atoms with van der Waals surface area (Å²) in [6.45, 7) is 2.03. The van der Waals surface area contributed by atoms with E-state index in [-0.39, 0.29) is 5.91 Å². The Morgan fingerprint density at radius 3 is 2.71 bits per heavy atom. The third-order valence-corrected chi connectivity index (χ3v) is 5.12. The molecule has 0 radical (unpaired) electrons. The molecule has 1 aliphatic rings. The lowest BCUT2D eigenvalue weighted by Crippen LogP contribution is -2.56. The molecule has 1 aromatic carbocycles. The zero-order valence-corrected chi connectivity index (χ0v) is 14.8. The van der Waals surface area contributed by atoms with Gasteiger partial charge >= 0.3 is 5.97 Å². The Morgan fingerprint density at radius 1 is 1.38 bits per heavy atom. The van der Waals surface area contributed by atoms with Crippen molar-refractivity contribution in [3.05, 3.63) is 32.7 Å². The Hall–Kier alpha value is -0.880. The number of carbonyl (C=O) groups is 2. The highest BCUT2D eigenvalue weighted by Crippen LogP contribution is 2.33. The van der Waals surface area contributed by atoms with Gasteiger partial charge in [0, 0.05) is 8.95 Å². The maximum atomic E-state index is 12.5. The number of carbonyl (C=O) groups excluding carboxylic acids is 1. The average Bonchev–Trinajstić information content (AvgIpc) is 2.41. The van der Waals surface area contributed by atoms with Crippen LogP contribution in [0.5, 0.6) is 0 Å². The quantitative estimate of drug-likeness (QED) is 0.780. The van der Waals surface area contributed by atoms with E-state index in [4.69, 9.17) is 0 Å². The van der Waals surface area contributed by atoms with Gasteiger partial charge in [0.1, 0.15) is 5.54 Å². The summed E-state index contributed by atoms with van der Waals surface area (Å²) in [7, 11) is 0. The van der Waals surface area contributed by atoms with E-state index in [1.807, 2.05) is 13.0 Å². The van der Waals surface area contributed by atoms with Crippen molar-refractivity contribution < 1.29 is 14.7 Å². The fourth-order valence-electron chi connectivity index (χ4n) is 2.87. The number of benzene rings is 1. The number of hydrogen-bond donors (Lipinski definition) is 2. The summed E-state index contributed by atoms with van der Waals surface area (Å²) in [5, 5.41) is 12.3. The van der Waals surface area contributed by atoms with Crippen LogP contribution in [0.1, 0.15) is 43.0 Å². The normalized spacial score (nSPS) is 25.4. The van der Waals surface area contributed by atoms with Gasteiger partial charge in [-0.1, -0.05) is 35.7 Å². The molecule has 0 bridgehead atoms. The second kappa shape index (κ2) is 6.48. The van der Waals surface area contributed by atoms with Crippen LogP contribution in [0.25, 0.3) is 0 Å². The maximum Gasteiger partial charge on any atom is 0.329 e. The van der Waals surface area contributed by atoms with Gasteiger partial charge in [0.05, 0.1) is 5.56 Å². The maximum absolute atomic E-state index is 12.5. The lowest BCUT2D eigenvalue weighted by Gasteiger charge is -2.37. The topological polar surface area (TPSA) is 66.4 Å². The second-order valence-electron chi connectivity index (χ2n) is 5.67. The van der Waals surface area contributed by atoms with Crippen LogP contribution in [-0.4, -0.2) is 22.5 Å². The number of aliphatic carboxylic acids is 1. The summed E-state index contributed by atoms with van der Waals surface area (Å²) in [4.78, 5) is 24.2. The van der Waals surface area contributed by atoms with Gasteiger partial charge in [-0.2, -0.15) is 0 Å². The fourth-order valence-corrected chi connectivity index (χ4v) is 3.66. The highest BCUT2D eigenvalue weighted by atomic mass is 79.9. The summed E-state index contributed by atoms with van der Waals surface area (Å²) in [5.74, 6) is -1.02. The Kier molecular flexibility index (Phi) is 5.09. The standard InChI is InChI=1S/C15H17Br2NO3/c1-9-3-2-6-15(8-9,14(20)21)18-13(19)11-7-10(16)4-5-12(11)17/h4-5,7,9H,2-3,6,8H2,1H3,(H,18,19)(H,20,21). The second-order valence-corrected chi connectivity index (χ2v) is 7.44. The number of halogens is 2. The zero-order valence-electron chi connectivity index (χ0n) is 11.7. The summed E-state index contributed by atoms with van der Waals surface area (Å²) in [6.07, 6.45) is 2.77. The van der Waals surface area contributed by atoms with Gasteiger partial charge in [-0.25, -0.2) is 4.79 Å². The van der Waals surface area contributed by atoms with Gasteiger partial charge < -0.3 is 10.4 Å². The van der Waals surface area contributed by atoms with Crippen molar-refractivity contribution in [2.45, 2.75) is 38.1 Å². The third kappa shape index (κ3) is 3.66. The predicted molar refractivity (Wildman–Crippen MR) is 87.3 cm³/mol. The molecule has 1 aromatic rings. The molecule has 1 fully saturated rings. The van der Waals surface area contributed by atoms with Crippen molar-refractivity contribution in [2.75, 3.05) is 0 Å². The van der Waals surface area contributed by atoms with Crippen LogP contribution in [0.15, 0.2) is 27.1 Å². The summed E-state index contributed by atoms with van der Waals surface area (Å²) in [6, 6.07) is 5.26. The molecule has 21 heavy (non-hydrogen) atoms. The molecule has 2 N–H and O–H groups in total. The van der Waals surface area contributed by atoms with Gasteiger partial charge in [0.25, 0.3) is 5.91 Å². The Bertz CT molecular complexity index is 576. The van der Waals surface area contributed by atoms with Crippen molar-refractivity contribution in [1.29, 1.82) is 0 Å². The number of rotatable bonds is 3. The zero-order chi connectivity index (χ0) is 15.6. The highest BCUT2D eigenvalue weighted by Gasteiger charge is 2.43. The molecule has 1 aliphatic carbocycles. The van der Waals surface area contributed by atoms with Crippen LogP contribution in [0, 0.1) is 5.92 Å². The number of amides is 1. The molecule has 6 heteroatoms. The van der Waals surface area contributed by atoms with Gasteiger partial charge in [0.15, 0.2) is 0 Å². The lowest BCUT2D eigenvalue weighted by molar-refractivity contribution is -0.146. The Labute approximate surface area is 140 Å². The molecule has 4 nitrogen and oxygen atoms in total. The Balaban J connectivity index is 2.27. The molecule has 1 amide bonds. The molecule has 2 atom stereocenters. The lowest BCUT2D eigenvalue weighted by atomic mass is 9.76. The van der Waals surface area contributed by atoms with Crippen LogP contribution in [0.2, 0.25) is 0 Å². The van der Waals surface area contributed by atoms with E-state index in [2.05, 4.69) is 37.2 Å². The van der Waals surface area contributed by atoms with Gasteiger partial charge in [-0.15, -0.1) is 0 Å². The molecule has 0 aliphatic heterocycles. The minimum atomic E-state index is -1.16. The molecular weight excluding hydrogens is 402 g/mol. The van der Waals surface area contributed by atoms with E-state index in [0.29, 0.717) is 28.8 Å². The highest BCUT2D eigenvalue weighted by molar-refractivity contribution is 9.11. The largest absolute Gasteiger partial charge is 0.480 e. The summed E-state index contributed by atoms with van der Waals surface area (Å²) in [5.41, 5.74) is -0.723. The van der Waals surface area contributed by atoms with E-state index in [1.165, 1.54) is 0 Å². The van der Waals surface area contributed by atoms with Crippen molar-refractivity contribution in [3.8, 4) is 0 Å². The molecule has 2 rings (SSSR count). The van der Waals surface area contributed by atoms with E-state index in [0.717, 1.165) is 17.3 Å². The number of carboxylic acid groups (broad SMARTS) is 1. The average molecular weight is 419 g/mol. The van der Waals surface area contributed by atoms with Crippen molar-refractivity contribution in [1.82, 2.24) is 5.32 Å². The van der Waals surface area contributed by atoms with Crippen molar-refractivity contribution in [2.24, 2.45) is 5.92 Å². The van der Waals surface area contributed by atoms with E-state index in [1.54, 1.807) is 12.1 Å². The summed E-state index contributed by atoms with van der Waals surface area (Å²) < 4.78 is 1.42. The van der Waals surface area contributed by atoms with E-state index in [9.17, 15) is 14.7 Å². The molecule has 0 saturated heterocycles. The van der Waals surface area contributed by atoms with Crippen LogP contribution in [0.3, 0.4) is 0 Å². The first kappa shape index (κ1) is 16.5. The number of carboxylic acids is 1. The van der Waals surface area contributed by atoms with Gasteiger partial charge in [-0.3, -0.25) is 4.79 Å². The molecule has 1 saturated carbocycles.